The maximum absolute atomic E-state index is 5.99. The van der Waals surface area contributed by atoms with Gasteiger partial charge >= 0.3 is 0 Å². The molecule has 1 spiro atoms. The second kappa shape index (κ2) is 4.63. The van der Waals surface area contributed by atoms with Gasteiger partial charge in [0.15, 0.2) is 0 Å². The van der Waals surface area contributed by atoms with E-state index in [-0.39, 0.29) is 5.54 Å². The summed E-state index contributed by atoms with van der Waals surface area (Å²) in [7, 11) is 0. The van der Waals surface area contributed by atoms with Crippen molar-refractivity contribution in [1.29, 1.82) is 0 Å². The van der Waals surface area contributed by atoms with Crippen molar-refractivity contribution < 1.29 is 4.74 Å². The summed E-state index contributed by atoms with van der Waals surface area (Å²) in [6, 6.07) is 0. The van der Waals surface area contributed by atoms with Crippen molar-refractivity contribution in [3.8, 4) is 0 Å². The van der Waals surface area contributed by atoms with Crippen LogP contribution in [0.1, 0.15) is 39.5 Å². The van der Waals surface area contributed by atoms with Gasteiger partial charge in [-0.25, -0.2) is 0 Å². The fraction of sp³-hybridized carbons (Fsp3) is 1.00. The molecule has 2 fully saturated rings. The summed E-state index contributed by atoms with van der Waals surface area (Å²) in [6.45, 7) is 9.75. The minimum Gasteiger partial charge on any atom is -0.381 e. The third-order valence-corrected chi connectivity index (χ3v) is 4.97. The van der Waals surface area contributed by atoms with Crippen LogP contribution in [0.3, 0.4) is 0 Å². The molecule has 2 N–H and O–H groups in total. The Morgan fingerprint density at radius 2 is 1.75 bits per heavy atom. The van der Waals surface area contributed by atoms with E-state index >= 15 is 0 Å². The van der Waals surface area contributed by atoms with Crippen LogP contribution in [0.5, 0.6) is 0 Å². The molecule has 2 aliphatic heterocycles. The normalized spacial score (nSPS) is 25.7. The van der Waals surface area contributed by atoms with E-state index < -0.39 is 0 Å². The van der Waals surface area contributed by atoms with E-state index in [1.807, 2.05) is 0 Å². The molecule has 94 valence electrons. The molecule has 2 heterocycles. The van der Waals surface area contributed by atoms with Gasteiger partial charge in [0.25, 0.3) is 0 Å². The lowest BCUT2D eigenvalue weighted by molar-refractivity contribution is -0.125. The molecule has 0 unspecified atom stereocenters. The molecule has 0 radical (unpaired) electrons. The molecule has 3 heteroatoms. The maximum atomic E-state index is 5.99. The Kier molecular flexibility index (Phi) is 3.57. The van der Waals surface area contributed by atoms with E-state index in [2.05, 4.69) is 18.7 Å². The molecule has 0 atom stereocenters. The number of ether oxygens (including phenoxy) is 1. The van der Waals surface area contributed by atoms with Crippen molar-refractivity contribution in [2.75, 3.05) is 32.8 Å². The Morgan fingerprint density at radius 1 is 1.19 bits per heavy atom. The molecule has 0 bridgehead atoms. The highest BCUT2D eigenvalue weighted by atomic mass is 16.5. The molecule has 0 saturated carbocycles. The summed E-state index contributed by atoms with van der Waals surface area (Å²) < 4.78 is 5.46. The van der Waals surface area contributed by atoms with Crippen molar-refractivity contribution in [3.63, 3.8) is 0 Å². The molecule has 3 nitrogen and oxygen atoms in total. The van der Waals surface area contributed by atoms with Crippen molar-refractivity contribution in [2.45, 2.75) is 45.1 Å². The monoisotopic (exact) mass is 226 g/mol. The summed E-state index contributed by atoms with van der Waals surface area (Å²) >= 11 is 0. The average molecular weight is 226 g/mol. The van der Waals surface area contributed by atoms with E-state index in [1.54, 1.807) is 0 Å². The van der Waals surface area contributed by atoms with Gasteiger partial charge in [0.1, 0.15) is 0 Å². The van der Waals surface area contributed by atoms with Crippen LogP contribution in [0.4, 0.5) is 0 Å². The Bertz CT molecular complexity index is 216. The average Bonchev–Trinajstić information content (AvgIpc) is 2.31. The lowest BCUT2D eigenvalue weighted by Gasteiger charge is -2.59. The second-order valence-corrected chi connectivity index (χ2v) is 5.60. The lowest BCUT2D eigenvalue weighted by Crippen LogP contribution is -2.68. The molecule has 2 rings (SSSR count). The van der Waals surface area contributed by atoms with Crippen molar-refractivity contribution in [1.82, 2.24) is 4.90 Å². The van der Waals surface area contributed by atoms with E-state index in [1.165, 1.54) is 38.8 Å². The third-order valence-electron chi connectivity index (χ3n) is 4.97. The predicted octanol–water partition coefficient (Wildman–Crippen LogP) is 1.62. The number of likely N-dealkylation sites (tertiary alicyclic amines) is 1. The smallest absolute Gasteiger partial charge is 0.0472 e. The zero-order chi connectivity index (χ0) is 11.6. The molecular weight excluding hydrogens is 200 g/mol. The summed E-state index contributed by atoms with van der Waals surface area (Å²) in [4.78, 5) is 2.62. The largest absolute Gasteiger partial charge is 0.381 e. The second-order valence-electron chi connectivity index (χ2n) is 5.60. The molecule has 0 amide bonds. The van der Waals surface area contributed by atoms with Crippen molar-refractivity contribution in [3.05, 3.63) is 0 Å². The predicted molar refractivity (Wildman–Crippen MR) is 66.4 cm³/mol. The number of hydrogen-bond acceptors (Lipinski definition) is 3. The third kappa shape index (κ3) is 1.89. The van der Waals surface area contributed by atoms with E-state index in [4.69, 9.17) is 10.5 Å². The summed E-state index contributed by atoms with van der Waals surface area (Å²) in [5.74, 6) is 0. The number of nitrogens with zero attached hydrogens (tertiary/aromatic N) is 1. The first-order valence-corrected chi connectivity index (χ1v) is 6.73. The van der Waals surface area contributed by atoms with E-state index in [9.17, 15) is 0 Å². The molecule has 2 saturated heterocycles. The number of rotatable bonds is 4. The van der Waals surface area contributed by atoms with Gasteiger partial charge in [-0.2, -0.15) is 0 Å². The molecule has 2 aliphatic rings. The topological polar surface area (TPSA) is 38.5 Å². The van der Waals surface area contributed by atoms with Gasteiger partial charge in [0.2, 0.25) is 0 Å². The molecule has 0 aromatic rings. The minimum absolute atomic E-state index is 0.267. The molecule has 0 aliphatic carbocycles. The van der Waals surface area contributed by atoms with Gasteiger partial charge in [-0.3, -0.25) is 4.90 Å². The van der Waals surface area contributed by atoms with Crippen LogP contribution < -0.4 is 5.73 Å². The lowest BCUT2D eigenvalue weighted by atomic mass is 9.70. The zero-order valence-electron chi connectivity index (χ0n) is 10.8. The van der Waals surface area contributed by atoms with Crippen LogP contribution in [0, 0.1) is 5.41 Å². The van der Waals surface area contributed by atoms with E-state index in [0.717, 1.165) is 19.8 Å². The summed E-state index contributed by atoms with van der Waals surface area (Å²) in [5.41, 5.74) is 6.83. The maximum Gasteiger partial charge on any atom is 0.0472 e. The van der Waals surface area contributed by atoms with Crippen LogP contribution in [0.15, 0.2) is 0 Å². The number of nitrogens with two attached hydrogens (primary N) is 1. The van der Waals surface area contributed by atoms with Gasteiger partial charge in [-0.15, -0.1) is 0 Å². The van der Waals surface area contributed by atoms with Gasteiger partial charge in [-0.05, 0) is 25.7 Å². The SMILES string of the molecule is CCC(CC)(CN)N1CC2(CCOCC2)C1. The van der Waals surface area contributed by atoms with Crippen LogP contribution in [-0.4, -0.2) is 43.3 Å². The highest BCUT2D eigenvalue weighted by Crippen LogP contribution is 2.44. The zero-order valence-corrected chi connectivity index (χ0v) is 10.8. The van der Waals surface area contributed by atoms with Gasteiger partial charge < -0.3 is 10.5 Å². The first-order chi connectivity index (χ1) is 7.70. The van der Waals surface area contributed by atoms with Crippen LogP contribution in [0.25, 0.3) is 0 Å². The van der Waals surface area contributed by atoms with Gasteiger partial charge in [0, 0.05) is 43.8 Å². The summed E-state index contributed by atoms with van der Waals surface area (Å²) in [5, 5.41) is 0. The van der Waals surface area contributed by atoms with Crippen LogP contribution in [-0.2, 0) is 4.74 Å². The summed E-state index contributed by atoms with van der Waals surface area (Å²) in [6.07, 6.45) is 4.84. The molecule has 0 aromatic heterocycles. The molecular formula is C13H26N2O. The molecule has 0 aromatic carbocycles. The van der Waals surface area contributed by atoms with Crippen molar-refractivity contribution >= 4 is 0 Å². The highest BCUT2D eigenvalue weighted by Gasteiger charge is 2.49. The standard InChI is InChI=1S/C13H26N2O/c1-3-13(4-2,9-14)15-10-12(11-15)5-7-16-8-6-12/h3-11,14H2,1-2H3. The fourth-order valence-corrected chi connectivity index (χ4v) is 3.33. The fourth-order valence-electron chi connectivity index (χ4n) is 3.33. The van der Waals surface area contributed by atoms with Gasteiger partial charge in [0.05, 0.1) is 0 Å². The Morgan fingerprint density at radius 3 is 2.19 bits per heavy atom. The van der Waals surface area contributed by atoms with Crippen molar-refractivity contribution in [2.24, 2.45) is 11.1 Å². The van der Waals surface area contributed by atoms with E-state index in [0.29, 0.717) is 5.41 Å². The first kappa shape index (κ1) is 12.3. The van der Waals surface area contributed by atoms with Crippen LogP contribution in [0.2, 0.25) is 0 Å². The van der Waals surface area contributed by atoms with Gasteiger partial charge in [-0.1, -0.05) is 13.8 Å². The first-order valence-electron chi connectivity index (χ1n) is 6.73. The Balaban J connectivity index is 1.95. The van der Waals surface area contributed by atoms with Crippen LogP contribution >= 0.6 is 0 Å². The number of hydrogen-bond donors (Lipinski definition) is 1. The Labute approximate surface area is 99.3 Å². The quantitative estimate of drug-likeness (QED) is 0.791. The Hall–Kier alpha value is -0.120. The minimum atomic E-state index is 0.267. The molecule has 16 heavy (non-hydrogen) atoms. The highest BCUT2D eigenvalue weighted by molar-refractivity contribution is 5.04.